The van der Waals surface area contributed by atoms with Gasteiger partial charge in [0.1, 0.15) is 12.1 Å². The van der Waals surface area contributed by atoms with Gasteiger partial charge in [0.25, 0.3) is 5.91 Å². The Hall–Kier alpha value is -3.09. The first-order chi connectivity index (χ1) is 16.8. The van der Waals surface area contributed by atoms with Crippen molar-refractivity contribution in [1.82, 2.24) is 10.3 Å². The fourth-order valence-corrected chi connectivity index (χ4v) is 3.03. The molecule has 1 heterocycles. The second-order valence-corrected chi connectivity index (χ2v) is 8.22. The van der Waals surface area contributed by atoms with Gasteiger partial charge in [-0.25, -0.2) is 9.78 Å². The number of rotatable bonds is 14. The van der Waals surface area contributed by atoms with Crippen LogP contribution in [0.3, 0.4) is 0 Å². The Morgan fingerprint density at radius 1 is 1.14 bits per heavy atom. The summed E-state index contributed by atoms with van der Waals surface area (Å²) >= 11 is 0. The fourth-order valence-electron chi connectivity index (χ4n) is 3.03. The molecule has 1 amide bonds. The first-order valence-corrected chi connectivity index (χ1v) is 11.3. The van der Waals surface area contributed by atoms with E-state index in [-0.39, 0.29) is 36.1 Å². The number of ether oxygens (including phenoxy) is 5. The summed E-state index contributed by atoms with van der Waals surface area (Å²) < 4.78 is 63.1. The molecule has 1 N–H and O–H groups in total. The highest BCUT2D eigenvalue weighted by atomic mass is 19.4. The van der Waals surface area contributed by atoms with Gasteiger partial charge in [0.05, 0.1) is 13.2 Å². The summed E-state index contributed by atoms with van der Waals surface area (Å²) in [6, 6.07) is 0.312. The average Bonchev–Trinajstić information content (AvgIpc) is 2.78. The van der Waals surface area contributed by atoms with Crippen LogP contribution in [0.2, 0.25) is 0 Å². The zero-order valence-corrected chi connectivity index (χ0v) is 21.1. The normalized spacial score (nSPS) is 13.9. The minimum atomic E-state index is -4.27. The molecule has 10 nitrogen and oxygen atoms in total. The van der Waals surface area contributed by atoms with E-state index >= 15 is 0 Å². The third-order valence-electron chi connectivity index (χ3n) is 4.83. The van der Waals surface area contributed by atoms with Gasteiger partial charge in [-0.05, 0) is 26.2 Å². The Morgan fingerprint density at radius 3 is 2.36 bits per heavy atom. The van der Waals surface area contributed by atoms with E-state index in [4.69, 9.17) is 23.7 Å². The maximum absolute atomic E-state index is 12.8. The third kappa shape index (κ3) is 10.7. The highest BCUT2D eigenvalue weighted by Crippen LogP contribution is 2.29. The van der Waals surface area contributed by atoms with Crippen LogP contribution < -0.4 is 14.8 Å². The Morgan fingerprint density at radius 2 is 1.81 bits per heavy atom. The largest absolute Gasteiger partial charge is 0.493 e. The smallest absolute Gasteiger partial charge is 0.389 e. The van der Waals surface area contributed by atoms with Crippen molar-refractivity contribution in [2.75, 3.05) is 20.5 Å². The van der Waals surface area contributed by atoms with Gasteiger partial charge in [-0.3, -0.25) is 9.59 Å². The lowest BCUT2D eigenvalue weighted by molar-refractivity contribution is -0.164. The van der Waals surface area contributed by atoms with Crippen LogP contribution in [-0.2, 0) is 23.8 Å². The number of nitrogens with zero attached hydrogens (tertiary/aromatic N) is 1. The zero-order chi connectivity index (χ0) is 27.5. The Bertz CT molecular complexity index is 879. The van der Waals surface area contributed by atoms with Crippen LogP contribution in [0.1, 0.15) is 57.9 Å². The maximum atomic E-state index is 12.8. The van der Waals surface area contributed by atoms with Crippen molar-refractivity contribution in [1.29, 1.82) is 0 Å². The molecule has 0 aliphatic rings. The summed E-state index contributed by atoms with van der Waals surface area (Å²) in [6.07, 6.45) is -5.60. The summed E-state index contributed by atoms with van der Waals surface area (Å²) in [6.45, 7) is 7.07. The number of nitrogens with one attached hydrogen (secondary N) is 1. The molecule has 1 rings (SSSR count). The number of pyridine rings is 1. The van der Waals surface area contributed by atoms with E-state index in [2.05, 4.69) is 10.3 Å². The molecule has 0 spiro atoms. The van der Waals surface area contributed by atoms with E-state index in [1.165, 1.54) is 33.2 Å². The predicted molar refractivity (Wildman–Crippen MR) is 120 cm³/mol. The summed E-state index contributed by atoms with van der Waals surface area (Å²) in [5.74, 6) is -2.32. The van der Waals surface area contributed by atoms with Gasteiger partial charge in [0, 0.05) is 32.2 Å². The predicted octanol–water partition coefficient (Wildman–Crippen LogP) is 3.42. The van der Waals surface area contributed by atoms with E-state index < -0.39 is 55.5 Å². The van der Waals surface area contributed by atoms with E-state index in [0.717, 1.165) is 0 Å². The Balaban J connectivity index is 2.81. The van der Waals surface area contributed by atoms with Gasteiger partial charge in [-0.15, -0.1) is 0 Å². The topological polar surface area (TPSA) is 122 Å². The van der Waals surface area contributed by atoms with E-state index in [1.54, 1.807) is 20.8 Å². The quantitative estimate of drug-likeness (QED) is 0.222. The number of hydrogen-bond acceptors (Lipinski definition) is 9. The van der Waals surface area contributed by atoms with Crippen LogP contribution in [0.25, 0.3) is 0 Å². The van der Waals surface area contributed by atoms with Crippen LogP contribution >= 0.6 is 0 Å². The number of aromatic nitrogens is 1. The van der Waals surface area contributed by atoms with Crippen LogP contribution in [0.5, 0.6) is 11.5 Å². The minimum absolute atomic E-state index is 0.0970. The second kappa shape index (κ2) is 14.5. The molecule has 0 fully saturated rings. The molecule has 3 atom stereocenters. The molecular formula is C23H33F3N2O8. The van der Waals surface area contributed by atoms with Crippen LogP contribution in [-0.4, -0.2) is 67.8 Å². The Labute approximate surface area is 207 Å². The van der Waals surface area contributed by atoms with E-state index in [9.17, 15) is 27.6 Å². The third-order valence-corrected chi connectivity index (χ3v) is 4.83. The second-order valence-electron chi connectivity index (χ2n) is 8.22. The molecule has 0 aromatic carbocycles. The fraction of sp³-hybridized carbons (Fsp3) is 0.652. The lowest BCUT2D eigenvalue weighted by Gasteiger charge is -2.29. The number of carbonyl (C=O) groups excluding carboxylic acids is 3. The highest BCUT2D eigenvalue weighted by Gasteiger charge is 2.31. The number of methoxy groups -OCH3 is 1. The molecule has 0 saturated heterocycles. The molecule has 0 bridgehead atoms. The van der Waals surface area contributed by atoms with Gasteiger partial charge >= 0.3 is 18.1 Å². The van der Waals surface area contributed by atoms with Crippen molar-refractivity contribution >= 4 is 17.8 Å². The molecule has 0 aliphatic heterocycles. The van der Waals surface area contributed by atoms with Crippen LogP contribution in [0.4, 0.5) is 13.2 Å². The van der Waals surface area contributed by atoms with E-state index in [1.807, 2.05) is 0 Å². The number of alkyl halides is 3. The molecule has 0 radical (unpaired) electrons. The van der Waals surface area contributed by atoms with Crippen molar-refractivity contribution < 1.29 is 51.2 Å². The van der Waals surface area contributed by atoms with Crippen molar-refractivity contribution in [3.05, 3.63) is 18.0 Å². The molecule has 36 heavy (non-hydrogen) atoms. The molecular weight excluding hydrogens is 489 g/mol. The van der Waals surface area contributed by atoms with Crippen molar-refractivity contribution in [3.8, 4) is 11.5 Å². The zero-order valence-electron chi connectivity index (χ0n) is 21.1. The monoisotopic (exact) mass is 522 g/mol. The van der Waals surface area contributed by atoms with Gasteiger partial charge in [0.2, 0.25) is 6.79 Å². The SMILES string of the molecule is COc1ccnc(C(=O)N[C@@H](C)C(=O)O[C@@H](C(C)C)[C@H](C)OCCCC(F)(F)F)c1OCOC(C)=O. The first kappa shape index (κ1) is 30.9. The molecule has 0 saturated carbocycles. The van der Waals surface area contributed by atoms with E-state index in [0.29, 0.717) is 0 Å². The van der Waals surface area contributed by atoms with Crippen LogP contribution in [0, 0.1) is 5.92 Å². The molecule has 0 aliphatic carbocycles. The van der Waals surface area contributed by atoms with Gasteiger partial charge < -0.3 is 29.0 Å². The lowest BCUT2D eigenvalue weighted by Crippen LogP contribution is -2.44. The van der Waals surface area contributed by atoms with Gasteiger partial charge in [-0.2, -0.15) is 13.2 Å². The molecule has 13 heteroatoms. The summed E-state index contributed by atoms with van der Waals surface area (Å²) in [4.78, 5) is 40.4. The molecule has 204 valence electrons. The van der Waals surface area contributed by atoms with Crippen LogP contribution in [0.15, 0.2) is 12.3 Å². The summed E-state index contributed by atoms with van der Waals surface area (Å²) in [7, 11) is 1.34. The van der Waals surface area contributed by atoms with Gasteiger partial charge in [-0.1, -0.05) is 13.8 Å². The van der Waals surface area contributed by atoms with Crippen molar-refractivity contribution in [2.24, 2.45) is 5.92 Å². The summed E-state index contributed by atoms with van der Waals surface area (Å²) in [5, 5.41) is 2.45. The minimum Gasteiger partial charge on any atom is -0.493 e. The highest BCUT2D eigenvalue weighted by molar-refractivity contribution is 5.98. The first-order valence-electron chi connectivity index (χ1n) is 11.3. The van der Waals surface area contributed by atoms with Gasteiger partial charge in [0.15, 0.2) is 17.2 Å². The average molecular weight is 523 g/mol. The molecule has 1 aromatic rings. The lowest BCUT2D eigenvalue weighted by atomic mass is 10.0. The van der Waals surface area contributed by atoms with Crippen molar-refractivity contribution in [2.45, 2.75) is 71.9 Å². The molecule has 0 unspecified atom stereocenters. The summed E-state index contributed by atoms with van der Waals surface area (Å²) in [5.41, 5.74) is -0.220. The standard InChI is InChI=1S/C23H33F3N2O8/c1-13(2)19(15(4)33-11-7-9-23(24,25)26)36-22(31)14(3)28-21(30)18-20(35-12-34-16(5)29)17(32-6)8-10-27-18/h8,10,13-15,19H,7,9,11-12H2,1-6H3,(H,28,30)/t14-,15-,19-/m0/s1. The Kier molecular flexibility index (Phi) is 12.4. The number of amides is 1. The number of carbonyl (C=O) groups is 3. The number of halogens is 3. The number of esters is 2. The maximum Gasteiger partial charge on any atom is 0.389 e. The number of hydrogen-bond donors (Lipinski definition) is 1. The molecule has 1 aromatic heterocycles. The van der Waals surface area contributed by atoms with Crippen molar-refractivity contribution in [3.63, 3.8) is 0 Å².